The lowest BCUT2D eigenvalue weighted by Gasteiger charge is -2.21. The van der Waals surface area contributed by atoms with Crippen LogP contribution in [0.1, 0.15) is 25.0 Å². The molecule has 4 nitrogen and oxygen atoms in total. The van der Waals surface area contributed by atoms with Gasteiger partial charge in [-0.15, -0.1) is 0 Å². The predicted octanol–water partition coefficient (Wildman–Crippen LogP) is 3.07. The molecule has 1 N–H and O–H groups in total. The number of sulfone groups is 1. The fraction of sp³-hybridized carbons (Fsp3) is 0.200. The number of ether oxygens (including phenoxy) is 1. The molecule has 0 aromatic heterocycles. The van der Waals surface area contributed by atoms with E-state index in [1.807, 2.05) is 6.92 Å². The van der Waals surface area contributed by atoms with Crippen LogP contribution in [0.4, 0.5) is 0 Å². The van der Waals surface area contributed by atoms with E-state index in [0.717, 1.165) is 0 Å². The Bertz CT molecular complexity index is 765. The highest BCUT2D eigenvalue weighted by Gasteiger charge is 2.31. The van der Waals surface area contributed by atoms with Crippen molar-refractivity contribution in [2.75, 3.05) is 0 Å². The van der Waals surface area contributed by atoms with Gasteiger partial charge >= 0.3 is 0 Å². The lowest BCUT2D eigenvalue weighted by molar-refractivity contribution is 0.173. The molecule has 1 heterocycles. The Morgan fingerprint density at radius 1 is 1.10 bits per heavy atom. The summed E-state index contributed by atoms with van der Waals surface area (Å²) in [4.78, 5) is 0.275. The number of aliphatic hydroxyl groups excluding tert-OH is 1. The van der Waals surface area contributed by atoms with Crippen LogP contribution >= 0.6 is 0 Å². The average Bonchev–Trinajstić information content (AvgIpc) is 2.46. The van der Waals surface area contributed by atoms with Crippen LogP contribution in [0.2, 0.25) is 0 Å². The number of aliphatic hydroxyl groups is 1. The van der Waals surface area contributed by atoms with Crippen LogP contribution in [0.5, 0.6) is 11.5 Å². The van der Waals surface area contributed by atoms with Crippen molar-refractivity contribution < 1.29 is 18.3 Å². The molecule has 0 bridgehead atoms. The quantitative estimate of drug-likeness (QED) is 0.788. The molecular formula is C15H14O4S. The summed E-state index contributed by atoms with van der Waals surface area (Å²) in [6, 6.07) is 11.3. The van der Waals surface area contributed by atoms with Gasteiger partial charge in [-0.1, -0.05) is 25.1 Å². The van der Waals surface area contributed by atoms with Crippen LogP contribution < -0.4 is 4.74 Å². The number of hydrogen-bond donors (Lipinski definition) is 1. The molecule has 3 rings (SSSR count). The fourth-order valence-corrected chi connectivity index (χ4v) is 3.79. The van der Waals surface area contributed by atoms with E-state index in [2.05, 4.69) is 0 Å². The minimum Gasteiger partial charge on any atom is -0.455 e. The first kappa shape index (κ1) is 13.1. The third-order valence-corrected chi connectivity index (χ3v) is 5.20. The van der Waals surface area contributed by atoms with Gasteiger partial charge in [0, 0.05) is 0 Å². The second-order valence-corrected chi connectivity index (χ2v) is 6.57. The second kappa shape index (κ2) is 4.61. The minimum atomic E-state index is -3.60. The highest BCUT2D eigenvalue weighted by molar-refractivity contribution is 7.91. The van der Waals surface area contributed by atoms with Gasteiger partial charge in [0.1, 0.15) is 21.3 Å². The van der Waals surface area contributed by atoms with E-state index in [0.29, 0.717) is 23.5 Å². The Morgan fingerprint density at radius 3 is 2.55 bits per heavy atom. The van der Waals surface area contributed by atoms with Gasteiger partial charge in [0.25, 0.3) is 0 Å². The van der Waals surface area contributed by atoms with Crippen molar-refractivity contribution in [3.8, 4) is 11.5 Å². The molecule has 5 heteroatoms. The first-order chi connectivity index (χ1) is 9.54. The van der Waals surface area contributed by atoms with Crippen molar-refractivity contribution in [3.63, 3.8) is 0 Å². The molecule has 0 unspecified atom stereocenters. The SMILES string of the molecule is CC[C@H](O)c1ccc2c(c1)S(=O)(=O)c1ccccc1O2. The number of para-hydroxylation sites is 1. The summed E-state index contributed by atoms with van der Waals surface area (Å²) in [5.41, 5.74) is 0.581. The number of rotatable bonds is 2. The van der Waals surface area contributed by atoms with E-state index in [-0.39, 0.29) is 9.79 Å². The molecule has 2 aromatic carbocycles. The summed E-state index contributed by atoms with van der Waals surface area (Å²) >= 11 is 0. The third kappa shape index (κ3) is 1.90. The van der Waals surface area contributed by atoms with Gasteiger partial charge in [-0.25, -0.2) is 8.42 Å². The standard InChI is InChI=1S/C15H14O4S/c1-2-11(16)10-7-8-13-15(9-10)20(17,18)14-6-4-3-5-12(14)19-13/h3-9,11,16H,2H2,1H3/t11-/m0/s1. The van der Waals surface area contributed by atoms with E-state index in [1.165, 1.54) is 12.1 Å². The highest BCUT2D eigenvalue weighted by Crippen LogP contribution is 2.43. The Kier molecular flexibility index (Phi) is 3.03. The molecule has 0 spiro atoms. The Hall–Kier alpha value is -1.85. The Labute approximate surface area is 117 Å². The molecule has 1 atom stereocenters. The van der Waals surface area contributed by atoms with Crippen molar-refractivity contribution in [3.05, 3.63) is 48.0 Å². The summed E-state index contributed by atoms with van der Waals surface area (Å²) in [5.74, 6) is 0.638. The molecule has 0 saturated carbocycles. The zero-order chi connectivity index (χ0) is 14.3. The van der Waals surface area contributed by atoms with Gasteiger partial charge in [0.2, 0.25) is 9.84 Å². The smallest absolute Gasteiger partial charge is 0.213 e. The molecule has 0 saturated heterocycles. The zero-order valence-corrected chi connectivity index (χ0v) is 11.7. The van der Waals surface area contributed by atoms with Crippen LogP contribution in [0.15, 0.2) is 52.3 Å². The normalized spacial score (nSPS) is 16.7. The molecule has 1 aliphatic heterocycles. The summed E-state index contributed by atoms with van der Waals surface area (Å²) in [6.07, 6.45) is -0.149. The fourth-order valence-electron chi connectivity index (χ4n) is 2.26. The van der Waals surface area contributed by atoms with Crippen LogP contribution in [0, 0.1) is 0 Å². The van der Waals surface area contributed by atoms with Gasteiger partial charge in [-0.3, -0.25) is 0 Å². The molecule has 20 heavy (non-hydrogen) atoms. The molecule has 2 aromatic rings. The van der Waals surface area contributed by atoms with E-state index >= 15 is 0 Å². The zero-order valence-electron chi connectivity index (χ0n) is 10.9. The van der Waals surface area contributed by atoms with Crippen molar-refractivity contribution in [2.45, 2.75) is 29.2 Å². The van der Waals surface area contributed by atoms with Crippen molar-refractivity contribution in [1.29, 1.82) is 0 Å². The molecule has 0 amide bonds. The van der Waals surface area contributed by atoms with Crippen molar-refractivity contribution in [2.24, 2.45) is 0 Å². The molecular weight excluding hydrogens is 276 g/mol. The van der Waals surface area contributed by atoms with E-state index in [4.69, 9.17) is 4.74 Å². The molecule has 0 radical (unpaired) electrons. The van der Waals surface area contributed by atoms with Crippen LogP contribution in [0.3, 0.4) is 0 Å². The summed E-state index contributed by atoms with van der Waals surface area (Å²) in [7, 11) is -3.60. The second-order valence-electron chi connectivity index (χ2n) is 4.68. The van der Waals surface area contributed by atoms with Gasteiger partial charge in [0.05, 0.1) is 6.10 Å². The summed E-state index contributed by atoms with van der Waals surface area (Å²) in [6.45, 7) is 1.84. The van der Waals surface area contributed by atoms with E-state index in [9.17, 15) is 13.5 Å². The van der Waals surface area contributed by atoms with Crippen LogP contribution in [-0.4, -0.2) is 13.5 Å². The van der Waals surface area contributed by atoms with E-state index in [1.54, 1.807) is 30.3 Å². The maximum absolute atomic E-state index is 12.6. The topological polar surface area (TPSA) is 63.6 Å². The Balaban J connectivity index is 2.20. The van der Waals surface area contributed by atoms with Crippen molar-refractivity contribution in [1.82, 2.24) is 0 Å². The highest BCUT2D eigenvalue weighted by atomic mass is 32.2. The van der Waals surface area contributed by atoms with Gasteiger partial charge in [-0.2, -0.15) is 0 Å². The largest absolute Gasteiger partial charge is 0.455 e. The molecule has 0 aliphatic carbocycles. The average molecular weight is 290 g/mol. The third-order valence-electron chi connectivity index (χ3n) is 3.39. The maximum Gasteiger partial charge on any atom is 0.213 e. The van der Waals surface area contributed by atoms with E-state index < -0.39 is 15.9 Å². The van der Waals surface area contributed by atoms with Crippen molar-refractivity contribution >= 4 is 9.84 Å². The first-order valence-electron chi connectivity index (χ1n) is 6.38. The van der Waals surface area contributed by atoms with Gasteiger partial charge < -0.3 is 9.84 Å². The minimum absolute atomic E-state index is 0.112. The number of hydrogen-bond acceptors (Lipinski definition) is 4. The number of benzene rings is 2. The molecule has 104 valence electrons. The van der Waals surface area contributed by atoms with Gasteiger partial charge in [-0.05, 0) is 36.2 Å². The number of fused-ring (bicyclic) bond motifs is 2. The summed E-state index contributed by atoms with van der Waals surface area (Å²) in [5, 5.41) is 9.86. The maximum atomic E-state index is 12.6. The first-order valence-corrected chi connectivity index (χ1v) is 7.86. The predicted molar refractivity (Wildman–Crippen MR) is 73.7 cm³/mol. The lowest BCUT2D eigenvalue weighted by atomic mass is 10.1. The van der Waals surface area contributed by atoms with Gasteiger partial charge in [0.15, 0.2) is 0 Å². The molecule has 0 fully saturated rings. The monoisotopic (exact) mass is 290 g/mol. The summed E-state index contributed by atoms with van der Waals surface area (Å²) < 4.78 is 30.8. The van der Waals surface area contributed by atoms with Crippen LogP contribution in [0.25, 0.3) is 0 Å². The van der Waals surface area contributed by atoms with Crippen LogP contribution in [-0.2, 0) is 9.84 Å². The molecule has 1 aliphatic rings. The Morgan fingerprint density at radius 2 is 1.80 bits per heavy atom. The lowest BCUT2D eigenvalue weighted by Crippen LogP contribution is -2.12.